The van der Waals surface area contributed by atoms with Crippen LogP contribution in [0.15, 0.2) is 48.0 Å². The molecule has 0 fully saturated rings. The van der Waals surface area contributed by atoms with Gasteiger partial charge in [0.2, 0.25) is 0 Å². The first-order valence-electron chi connectivity index (χ1n) is 8.05. The fraction of sp³-hybridized carbons (Fsp3) is 0.211. The Morgan fingerprint density at radius 1 is 1.04 bits per heavy atom. The summed E-state index contributed by atoms with van der Waals surface area (Å²) in [4.78, 5) is 8.56. The molecule has 2 heterocycles. The summed E-state index contributed by atoms with van der Waals surface area (Å²) in [6.07, 6.45) is 1.79. The lowest BCUT2D eigenvalue weighted by Crippen LogP contribution is -2.26. The molecule has 0 unspecified atom stereocenters. The Hall–Kier alpha value is -2.31. The molecule has 0 N–H and O–H groups in total. The SMILES string of the molecule is CN1CCN(c2cc(F)cc(F)c2)c2ccc(-c3nccs3)cc2C1. The topological polar surface area (TPSA) is 19.4 Å². The van der Waals surface area contributed by atoms with E-state index in [4.69, 9.17) is 0 Å². The van der Waals surface area contributed by atoms with Crippen molar-refractivity contribution in [3.63, 3.8) is 0 Å². The van der Waals surface area contributed by atoms with Gasteiger partial charge in [0.15, 0.2) is 0 Å². The molecule has 0 saturated carbocycles. The monoisotopic (exact) mass is 357 g/mol. The zero-order valence-electron chi connectivity index (χ0n) is 13.7. The number of thiazole rings is 1. The van der Waals surface area contributed by atoms with Crippen LogP contribution in [-0.2, 0) is 6.54 Å². The lowest BCUT2D eigenvalue weighted by atomic mass is 10.1. The number of aromatic nitrogens is 1. The van der Waals surface area contributed by atoms with E-state index in [1.165, 1.54) is 12.1 Å². The van der Waals surface area contributed by atoms with Gasteiger partial charge in [0.25, 0.3) is 0 Å². The smallest absolute Gasteiger partial charge is 0.128 e. The van der Waals surface area contributed by atoms with Crippen LogP contribution in [0.5, 0.6) is 0 Å². The maximum atomic E-state index is 13.7. The third-order valence-electron chi connectivity index (χ3n) is 4.35. The highest BCUT2D eigenvalue weighted by Gasteiger charge is 2.21. The first-order chi connectivity index (χ1) is 12.1. The lowest BCUT2D eigenvalue weighted by Gasteiger charge is -2.25. The number of benzene rings is 2. The molecule has 0 aliphatic carbocycles. The van der Waals surface area contributed by atoms with E-state index in [0.717, 1.165) is 41.0 Å². The minimum atomic E-state index is -0.562. The second-order valence-corrected chi connectivity index (χ2v) is 7.09. The number of fused-ring (bicyclic) bond motifs is 1. The third kappa shape index (κ3) is 3.27. The molecule has 1 aliphatic rings. The van der Waals surface area contributed by atoms with Crippen molar-refractivity contribution in [3.8, 4) is 10.6 Å². The van der Waals surface area contributed by atoms with Crippen molar-refractivity contribution in [2.24, 2.45) is 0 Å². The molecule has 3 nitrogen and oxygen atoms in total. The van der Waals surface area contributed by atoms with E-state index in [0.29, 0.717) is 12.2 Å². The summed E-state index contributed by atoms with van der Waals surface area (Å²) in [5, 5.41) is 2.92. The Balaban J connectivity index is 1.81. The molecule has 0 atom stereocenters. The normalized spacial score (nSPS) is 15.1. The van der Waals surface area contributed by atoms with Crippen LogP contribution in [0.4, 0.5) is 20.2 Å². The van der Waals surface area contributed by atoms with Gasteiger partial charge in [-0.2, -0.15) is 0 Å². The number of hydrogen-bond donors (Lipinski definition) is 0. The zero-order chi connectivity index (χ0) is 17.4. The van der Waals surface area contributed by atoms with Gasteiger partial charge in [-0.1, -0.05) is 0 Å². The van der Waals surface area contributed by atoms with Gasteiger partial charge in [-0.15, -0.1) is 11.3 Å². The molecule has 4 rings (SSSR count). The van der Waals surface area contributed by atoms with Crippen molar-refractivity contribution in [3.05, 3.63) is 65.2 Å². The van der Waals surface area contributed by atoms with Crippen molar-refractivity contribution in [2.45, 2.75) is 6.54 Å². The first-order valence-corrected chi connectivity index (χ1v) is 8.93. The maximum absolute atomic E-state index is 13.7. The summed E-state index contributed by atoms with van der Waals surface area (Å²) in [5.41, 5.74) is 3.71. The van der Waals surface area contributed by atoms with Gasteiger partial charge in [-0.25, -0.2) is 13.8 Å². The van der Waals surface area contributed by atoms with Crippen LogP contribution in [0, 0.1) is 11.6 Å². The summed E-state index contributed by atoms with van der Waals surface area (Å²) < 4.78 is 27.4. The van der Waals surface area contributed by atoms with Crippen LogP contribution >= 0.6 is 11.3 Å². The number of likely N-dealkylation sites (N-methyl/N-ethyl adjacent to an activating group) is 1. The maximum Gasteiger partial charge on any atom is 0.128 e. The highest BCUT2D eigenvalue weighted by Crippen LogP contribution is 2.35. The molecule has 25 heavy (non-hydrogen) atoms. The molecule has 1 aliphatic heterocycles. The summed E-state index contributed by atoms with van der Waals surface area (Å²) in [7, 11) is 2.05. The third-order valence-corrected chi connectivity index (χ3v) is 5.18. The lowest BCUT2D eigenvalue weighted by molar-refractivity contribution is 0.343. The van der Waals surface area contributed by atoms with E-state index < -0.39 is 11.6 Å². The van der Waals surface area contributed by atoms with Crippen molar-refractivity contribution >= 4 is 22.7 Å². The first kappa shape index (κ1) is 16.2. The summed E-state index contributed by atoms with van der Waals surface area (Å²) in [5.74, 6) is -1.12. The zero-order valence-corrected chi connectivity index (χ0v) is 14.6. The number of nitrogens with zero attached hydrogens (tertiary/aromatic N) is 3. The Morgan fingerprint density at radius 2 is 1.84 bits per heavy atom. The quantitative estimate of drug-likeness (QED) is 0.664. The predicted octanol–water partition coefficient (Wildman–Crippen LogP) is 4.67. The molecule has 0 bridgehead atoms. The number of anilines is 2. The van der Waals surface area contributed by atoms with Crippen LogP contribution < -0.4 is 4.90 Å². The predicted molar refractivity (Wildman–Crippen MR) is 97.2 cm³/mol. The molecule has 2 aromatic carbocycles. The van der Waals surface area contributed by atoms with Crippen LogP contribution in [0.1, 0.15) is 5.56 Å². The van der Waals surface area contributed by atoms with Gasteiger partial charge < -0.3 is 9.80 Å². The van der Waals surface area contributed by atoms with Crippen molar-refractivity contribution in [2.75, 3.05) is 25.0 Å². The van der Waals surface area contributed by atoms with Crippen molar-refractivity contribution in [1.82, 2.24) is 9.88 Å². The summed E-state index contributed by atoms with van der Waals surface area (Å²) in [6, 6.07) is 9.83. The molecule has 6 heteroatoms. The molecule has 0 amide bonds. The standard InChI is InChI=1S/C19H17F2N3S/c1-23-5-6-24(17-10-15(20)9-16(21)11-17)18-3-2-13(8-14(18)12-23)19-22-4-7-25-19/h2-4,7-11H,5-6,12H2,1H3. The van der Waals surface area contributed by atoms with Gasteiger partial charge >= 0.3 is 0 Å². The van der Waals surface area contributed by atoms with Crippen molar-refractivity contribution < 1.29 is 8.78 Å². The minimum absolute atomic E-state index is 0.538. The van der Waals surface area contributed by atoms with Gasteiger partial charge in [0.1, 0.15) is 16.6 Å². The molecule has 0 saturated heterocycles. The van der Waals surface area contributed by atoms with E-state index in [-0.39, 0.29) is 0 Å². The molecule has 0 spiro atoms. The molecular formula is C19H17F2N3S. The molecule has 128 valence electrons. The van der Waals surface area contributed by atoms with Crippen molar-refractivity contribution in [1.29, 1.82) is 0 Å². The van der Waals surface area contributed by atoms with Crippen LogP contribution in [0.3, 0.4) is 0 Å². The molecule has 0 radical (unpaired) electrons. The Kier molecular flexibility index (Phi) is 4.23. The van der Waals surface area contributed by atoms with Crippen LogP contribution in [-0.4, -0.2) is 30.0 Å². The largest absolute Gasteiger partial charge is 0.340 e. The van der Waals surface area contributed by atoms with E-state index in [2.05, 4.69) is 23.0 Å². The van der Waals surface area contributed by atoms with Gasteiger partial charge in [0.05, 0.1) is 0 Å². The molecule has 3 aromatic rings. The second kappa shape index (κ2) is 6.54. The van der Waals surface area contributed by atoms with E-state index in [1.54, 1.807) is 17.5 Å². The van der Waals surface area contributed by atoms with E-state index >= 15 is 0 Å². The summed E-state index contributed by atoms with van der Waals surface area (Å²) in [6.45, 7) is 2.26. The van der Waals surface area contributed by atoms with E-state index in [1.807, 2.05) is 22.4 Å². The fourth-order valence-electron chi connectivity index (χ4n) is 3.20. The number of rotatable bonds is 2. The van der Waals surface area contributed by atoms with Gasteiger partial charge in [-0.05, 0) is 42.9 Å². The highest BCUT2D eigenvalue weighted by atomic mass is 32.1. The van der Waals surface area contributed by atoms with Crippen LogP contribution in [0.25, 0.3) is 10.6 Å². The van der Waals surface area contributed by atoms with Gasteiger partial charge in [0, 0.05) is 54.2 Å². The minimum Gasteiger partial charge on any atom is -0.340 e. The van der Waals surface area contributed by atoms with Gasteiger partial charge in [-0.3, -0.25) is 0 Å². The molecular weight excluding hydrogens is 340 g/mol. The average molecular weight is 357 g/mol. The average Bonchev–Trinajstić information content (AvgIpc) is 3.04. The summed E-state index contributed by atoms with van der Waals surface area (Å²) >= 11 is 1.60. The highest BCUT2D eigenvalue weighted by molar-refractivity contribution is 7.13. The Morgan fingerprint density at radius 3 is 2.56 bits per heavy atom. The van der Waals surface area contributed by atoms with Crippen LogP contribution in [0.2, 0.25) is 0 Å². The molecule has 1 aromatic heterocycles. The number of hydrogen-bond acceptors (Lipinski definition) is 4. The second-order valence-electron chi connectivity index (χ2n) is 6.20. The Labute approximate surface area is 149 Å². The Bertz CT molecular complexity index is 875. The van der Waals surface area contributed by atoms with E-state index in [9.17, 15) is 8.78 Å². The number of halogens is 2. The fourth-order valence-corrected chi connectivity index (χ4v) is 3.83.